The van der Waals surface area contributed by atoms with Crippen molar-refractivity contribution in [3.05, 3.63) is 30.1 Å². The third-order valence-corrected chi connectivity index (χ3v) is 4.48. The molecule has 2 heterocycles. The molecule has 1 unspecified atom stereocenters. The largest absolute Gasteiger partial charge is 0.486 e. The van der Waals surface area contributed by atoms with E-state index in [1.54, 1.807) is 10.9 Å². The predicted octanol–water partition coefficient (Wildman–Crippen LogP) is 1.56. The van der Waals surface area contributed by atoms with E-state index >= 15 is 0 Å². The number of rotatable bonds is 5. The lowest BCUT2D eigenvalue weighted by molar-refractivity contribution is -0.119. The van der Waals surface area contributed by atoms with Crippen LogP contribution in [0.1, 0.15) is 18.5 Å². The minimum atomic E-state index is -0.113. The van der Waals surface area contributed by atoms with Gasteiger partial charge in [0, 0.05) is 7.05 Å². The second-order valence-electron chi connectivity index (χ2n) is 5.21. The first kappa shape index (κ1) is 15.7. The van der Waals surface area contributed by atoms with Crippen LogP contribution in [0.15, 0.2) is 29.7 Å². The van der Waals surface area contributed by atoms with Crippen LogP contribution in [-0.2, 0) is 11.8 Å². The highest BCUT2D eigenvalue weighted by atomic mass is 32.2. The van der Waals surface area contributed by atoms with Gasteiger partial charge in [-0.3, -0.25) is 4.79 Å². The van der Waals surface area contributed by atoms with Gasteiger partial charge < -0.3 is 19.4 Å². The molecule has 7 nitrogen and oxygen atoms in total. The van der Waals surface area contributed by atoms with Crippen molar-refractivity contribution < 1.29 is 14.3 Å². The zero-order chi connectivity index (χ0) is 16.2. The maximum Gasteiger partial charge on any atom is 0.230 e. The lowest BCUT2D eigenvalue weighted by atomic mass is 10.1. The molecule has 0 aliphatic carbocycles. The number of aromatic nitrogens is 3. The summed E-state index contributed by atoms with van der Waals surface area (Å²) in [5.41, 5.74) is 0.978. The van der Waals surface area contributed by atoms with Gasteiger partial charge in [0.25, 0.3) is 0 Å². The second-order valence-corrected chi connectivity index (χ2v) is 6.15. The van der Waals surface area contributed by atoms with Gasteiger partial charge in [-0.15, -0.1) is 10.2 Å². The lowest BCUT2D eigenvalue weighted by Crippen LogP contribution is -2.28. The van der Waals surface area contributed by atoms with Crippen LogP contribution < -0.4 is 14.8 Å². The summed E-state index contributed by atoms with van der Waals surface area (Å²) in [4.78, 5) is 12.1. The third-order valence-electron chi connectivity index (χ3n) is 3.45. The molecule has 3 rings (SSSR count). The number of thioether (sulfide) groups is 1. The molecule has 122 valence electrons. The van der Waals surface area contributed by atoms with Gasteiger partial charge in [-0.25, -0.2) is 0 Å². The Morgan fingerprint density at radius 3 is 2.91 bits per heavy atom. The fourth-order valence-corrected chi connectivity index (χ4v) is 2.93. The van der Waals surface area contributed by atoms with Crippen LogP contribution >= 0.6 is 11.8 Å². The van der Waals surface area contributed by atoms with Gasteiger partial charge in [0.2, 0.25) is 5.91 Å². The Balaban J connectivity index is 1.57. The Hall–Kier alpha value is -2.22. The molecule has 8 heteroatoms. The summed E-state index contributed by atoms with van der Waals surface area (Å²) in [6.07, 6.45) is 1.61. The van der Waals surface area contributed by atoms with E-state index in [-0.39, 0.29) is 11.9 Å². The average Bonchev–Trinajstić information content (AvgIpc) is 2.97. The molecule has 1 amide bonds. The molecule has 23 heavy (non-hydrogen) atoms. The fourth-order valence-electron chi connectivity index (χ4n) is 2.23. The molecule has 1 atom stereocenters. The van der Waals surface area contributed by atoms with E-state index in [0.717, 1.165) is 17.1 Å². The van der Waals surface area contributed by atoms with E-state index in [0.29, 0.717) is 24.1 Å². The van der Waals surface area contributed by atoms with E-state index in [1.807, 2.05) is 32.2 Å². The Morgan fingerprint density at radius 1 is 1.39 bits per heavy atom. The number of amides is 1. The summed E-state index contributed by atoms with van der Waals surface area (Å²) in [5, 5.41) is 11.4. The molecular formula is C15H18N4O3S. The minimum Gasteiger partial charge on any atom is -0.486 e. The number of ether oxygens (including phenoxy) is 2. The molecule has 0 radical (unpaired) electrons. The molecule has 1 aromatic heterocycles. The molecule has 1 aliphatic rings. The van der Waals surface area contributed by atoms with Gasteiger partial charge in [0.1, 0.15) is 19.5 Å². The SMILES string of the molecule is CC(NC(=O)CSc1nncn1C)c1ccc2c(c1)OCCO2. The monoisotopic (exact) mass is 334 g/mol. The number of hydrogen-bond acceptors (Lipinski definition) is 6. The predicted molar refractivity (Wildman–Crippen MR) is 85.7 cm³/mol. The quantitative estimate of drug-likeness (QED) is 0.836. The first-order chi connectivity index (χ1) is 11.1. The summed E-state index contributed by atoms with van der Waals surface area (Å²) >= 11 is 1.35. The van der Waals surface area contributed by atoms with Crippen LogP contribution in [0.2, 0.25) is 0 Å². The van der Waals surface area contributed by atoms with Crippen molar-refractivity contribution in [2.24, 2.45) is 7.05 Å². The Bertz CT molecular complexity index is 704. The van der Waals surface area contributed by atoms with Gasteiger partial charge in [-0.05, 0) is 24.6 Å². The molecule has 1 aliphatic heterocycles. The summed E-state index contributed by atoms with van der Waals surface area (Å²) < 4.78 is 12.8. The number of fused-ring (bicyclic) bond motifs is 1. The van der Waals surface area contributed by atoms with Gasteiger partial charge in [-0.2, -0.15) is 0 Å². The van der Waals surface area contributed by atoms with Gasteiger partial charge in [0.15, 0.2) is 16.7 Å². The van der Waals surface area contributed by atoms with Crippen molar-refractivity contribution in [1.29, 1.82) is 0 Å². The van der Waals surface area contributed by atoms with Crippen molar-refractivity contribution in [3.8, 4) is 11.5 Å². The normalized spacial score (nSPS) is 14.3. The molecule has 1 aromatic carbocycles. The van der Waals surface area contributed by atoms with E-state index in [4.69, 9.17) is 9.47 Å². The standard InChI is InChI=1S/C15H18N4O3S/c1-10(11-3-4-12-13(7-11)22-6-5-21-12)17-14(20)8-23-15-18-16-9-19(15)2/h3-4,7,9-10H,5-6,8H2,1-2H3,(H,17,20). The highest BCUT2D eigenvalue weighted by Crippen LogP contribution is 2.32. The number of benzene rings is 1. The fraction of sp³-hybridized carbons (Fsp3) is 0.400. The molecule has 0 fully saturated rings. The summed E-state index contributed by atoms with van der Waals surface area (Å²) in [7, 11) is 1.85. The zero-order valence-electron chi connectivity index (χ0n) is 13.0. The summed E-state index contributed by atoms with van der Waals surface area (Å²) in [6, 6.07) is 5.61. The first-order valence-corrected chi connectivity index (χ1v) is 8.28. The average molecular weight is 334 g/mol. The molecular weight excluding hydrogens is 316 g/mol. The number of aryl methyl sites for hydroxylation is 1. The summed E-state index contributed by atoms with van der Waals surface area (Å²) in [5.74, 6) is 1.71. The van der Waals surface area contributed by atoms with E-state index < -0.39 is 0 Å². The van der Waals surface area contributed by atoms with Crippen molar-refractivity contribution in [2.45, 2.75) is 18.1 Å². The number of nitrogens with zero attached hydrogens (tertiary/aromatic N) is 3. The molecule has 0 saturated heterocycles. The van der Waals surface area contributed by atoms with Crippen LogP contribution in [0.3, 0.4) is 0 Å². The number of hydrogen-bond donors (Lipinski definition) is 1. The topological polar surface area (TPSA) is 78.3 Å². The summed E-state index contributed by atoms with van der Waals surface area (Å²) in [6.45, 7) is 3.06. The second kappa shape index (κ2) is 6.91. The maximum atomic E-state index is 12.1. The van der Waals surface area contributed by atoms with Crippen LogP contribution in [-0.4, -0.2) is 39.6 Å². The Morgan fingerprint density at radius 2 is 2.17 bits per heavy atom. The smallest absolute Gasteiger partial charge is 0.230 e. The lowest BCUT2D eigenvalue weighted by Gasteiger charge is -2.21. The number of carbonyl (C=O) groups is 1. The molecule has 0 spiro atoms. The Kier molecular flexibility index (Phi) is 4.71. The van der Waals surface area contributed by atoms with Gasteiger partial charge in [-0.1, -0.05) is 17.8 Å². The van der Waals surface area contributed by atoms with Gasteiger partial charge >= 0.3 is 0 Å². The molecule has 0 bridgehead atoms. The van der Waals surface area contributed by atoms with E-state index in [1.165, 1.54) is 11.8 Å². The molecule has 0 saturated carbocycles. The van der Waals surface area contributed by atoms with Crippen molar-refractivity contribution >= 4 is 17.7 Å². The molecule has 1 N–H and O–H groups in total. The van der Waals surface area contributed by atoms with Crippen molar-refractivity contribution in [3.63, 3.8) is 0 Å². The van der Waals surface area contributed by atoms with Crippen LogP contribution in [0, 0.1) is 0 Å². The van der Waals surface area contributed by atoms with Crippen LogP contribution in [0.5, 0.6) is 11.5 Å². The van der Waals surface area contributed by atoms with Crippen LogP contribution in [0.25, 0.3) is 0 Å². The maximum absolute atomic E-state index is 12.1. The number of carbonyl (C=O) groups excluding carboxylic acids is 1. The highest BCUT2D eigenvalue weighted by Gasteiger charge is 2.16. The Labute approximate surface area is 138 Å². The zero-order valence-corrected chi connectivity index (χ0v) is 13.8. The number of nitrogens with one attached hydrogen (secondary N) is 1. The van der Waals surface area contributed by atoms with Crippen LogP contribution in [0.4, 0.5) is 0 Å². The van der Waals surface area contributed by atoms with E-state index in [2.05, 4.69) is 15.5 Å². The third kappa shape index (κ3) is 3.76. The highest BCUT2D eigenvalue weighted by molar-refractivity contribution is 7.99. The van der Waals surface area contributed by atoms with Gasteiger partial charge in [0.05, 0.1) is 11.8 Å². The molecule has 2 aromatic rings. The first-order valence-electron chi connectivity index (χ1n) is 7.29. The van der Waals surface area contributed by atoms with Crippen molar-refractivity contribution in [1.82, 2.24) is 20.1 Å². The van der Waals surface area contributed by atoms with E-state index in [9.17, 15) is 4.79 Å². The minimum absolute atomic E-state index is 0.0552. The van der Waals surface area contributed by atoms with Crippen molar-refractivity contribution in [2.75, 3.05) is 19.0 Å².